The second-order valence-electron chi connectivity index (χ2n) is 4.41. The molecule has 1 atom stereocenters. The first-order valence-corrected chi connectivity index (χ1v) is 6.79. The van der Waals surface area contributed by atoms with Gasteiger partial charge in [-0.05, 0) is 42.5 Å². The van der Waals surface area contributed by atoms with Gasteiger partial charge in [-0.2, -0.15) is 0 Å². The van der Waals surface area contributed by atoms with Gasteiger partial charge < -0.3 is 0 Å². The lowest BCUT2D eigenvalue weighted by Gasteiger charge is -2.18. The molecule has 1 aromatic carbocycles. The highest BCUT2D eigenvalue weighted by atomic mass is 79.9. The van der Waals surface area contributed by atoms with Crippen LogP contribution in [0.4, 0.5) is 0 Å². The molecular formula is C12H16BrClN2. The second-order valence-corrected chi connectivity index (χ2v) is 5.70. The van der Waals surface area contributed by atoms with Crippen molar-refractivity contribution in [3.63, 3.8) is 0 Å². The Morgan fingerprint density at radius 1 is 1.50 bits per heavy atom. The third kappa shape index (κ3) is 3.20. The minimum absolute atomic E-state index is 0.189. The molecule has 88 valence electrons. The molecule has 1 aliphatic rings. The van der Waals surface area contributed by atoms with E-state index < -0.39 is 0 Å². The van der Waals surface area contributed by atoms with Crippen LogP contribution in [0.1, 0.15) is 37.3 Å². The van der Waals surface area contributed by atoms with Gasteiger partial charge >= 0.3 is 0 Å². The fourth-order valence-corrected chi connectivity index (χ4v) is 2.62. The summed E-state index contributed by atoms with van der Waals surface area (Å²) in [5.41, 5.74) is 4.03. The van der Waals surface area contributed by atoms with Gasteiger partial charge in [0.2, 0.25) is 0 Å². The van der Waals surface area contributed by atoms with Crippen LogP contribution < -0.4 is 11.3 Å². The van der Waals surface area contributed by atoms with Crippen LogP contribution in [0.25, 0.3) is 0 Å². The van der Waals surface area contributed by atoms with Crippen LogP contribution in [0.15, 0.2) is 22.7 Å². The van der Waals surface area contributed by atoms with Gasteiger partial charge in [-0.25, -0.2) is 0 Å². The maximum absolute atomic E-state index is 6.00. The number of hydrazine groups is 1. The first kappa shape index (κ1) is 12.4. The molecule has 2 rings (SSSR count). The lowest BCUT2D eigenvalue weighted by Crippen LogP contribution is -2.28. The number of benzene rings is 1. The van der Waals surface area contributed by atoms with Gasteiger partial charge in [0.05, 0.1) is 0 Å². The van der Waals surface area contributed by atoms with E-state index in [0.717, 1.165) is 27.4 Å². The van der Waals surface area contributed by atoms with E-state index in [9.17, 15) is 0 Å². The zero-order valence-electron chi connectivity index (χ0n) is 9.05. The van der Waals surface area contributed by atoms with Crippen molar-refractivity contribution in [1.29, 1.82) is 0 Å². The maximum Gasteiger partial charge on any atom is 0.0471 e. The minimum Gasteiger partial charge on any atom is -0.271 e. The average Bonchev–Trinajstić information content (AvgIpc) is 3.07. The lowest BCUT2D eigenvalue weighted by molar-refractivity contribution is 0.480. The number of halogens is 2. The first-order chi connectivity index (χ1) is 7.70. The third-order valence-corrected chi connectivity index (χ3v) is 4.05. The van der Waals surface area contributed by atoms with E-state index in [-0.39, 0.29) is 6.04 Å². The molecule has 0 radical (unpaired) electrons. The molecule has 1 fully saturated rings. The summed E-state index contributed by atoms with van der Waals surface area (Å²) in [5, 5.41) is 0.755. The quantitative estimate of drug-likeness (QED) is 0.641. The molecule has 1 aliphatic carbocycles. The average molecular weight is 304 g/mol. The number of rotatable bonds is 5. The highest BCUT2D eigenvalue weighted by molar-refractivity contribution is 9.10. The fourth-order valence-electron chi connectivity index (χ4n) is 1.92. The molecule has 1 saturated carbocycles. The van der Waals surface area contributed by atoms with Crippen molar-refractivity contribution in [3.05, 3.63) is 33.3 Å². The van der Waals surface area contributed by atoms with Gasteiger partial charge in [-0.3, -0.25) is 11.3 Å². The highest BCUT2D eigenvalue weighted by Crippen LogP contribution is 2.37. The predicted molar refractivity (Wildman–Crippen MR) is 71.2 cm³/mol. The van der Waals surface area contributed by atoms with Crippen LogP contribution in [0, 0.1) is 5.92 Å². The van der Waals surface area contributed by atoms with Gasteiger partial charge in [-0.15, -0.1) is 0 Å². The number of hydrogen-bond donors (Lipinski definition) is 2. The summed E-state index contributed by atoms with van der Waals surface area (Å²) in [6.45, 7) is 0. The van der Waals surface area contributed by atoms with Gasteiger partial charge in [-0.1, -0.05) is 40.4 Å². The topological polar surface area (TPSA) is 38.0 Å². The SMILES string of the molecule is NNC(CCC1CC1)c1cc(Cl)ccc1Br. The van der Waals surface area contributed by atoms with Crippen LogP contribution in [0.5, 0.6) is 0 Å². The molecule has 0 aliphatic heterocycles. The normalized spacial score (nSPS) is 17.4. The summed E-state index contributed by atoms with van der Waals surface area (Å²) in [6, 6.07) is 6.01. The Morgan fingerprint density at radius 3 is 2.88 bits per heavy atom. The lowest BCUT2D eigenvalue weighted by atomic mass is 10.0. The molecule has 0 aromatic heterocycles. The van der Waals surface area contributed by atoms with Crippen molar-refractivity contribution in [2.75, 3.05) is 0 Å². The standard InChI is InChI=1S/C12H16BrClN2/c13-11-5-4-9(14)7-10(11)12(16-15)6-3-8-1-2-8/h4-5,7-8,12,16H,1-3,6,15H2. The molecule has 1 aromatic rings. The number of hydrogen-bond acceptors (Lipinski definition) is 2. The van der Waals surface area contributed by atoms with Gasteiger partial charge in [0.25, 0.3) is 0 Å². The van der Waals surface area contributed by atoms with Crippen LogP contribution in [-0.2, 0) is 0 Å². The molecule has 1 unspecified atom stereocenters. The van der Waals surface area contributed by atoms with Crippen LogP contribution in [0.2, 0.25) is 5.02 Å². The van der Waals surface area contributed by atoms with Crippen molar-refractivity contribution < 1.29 is 0 Å². The molecular weight excluding hydrogens is 288 g/mol. The Labute approximate surface area is 110 Å². The largest absolute Gasteiger partial charge is 0.271 e. The number of nitrogens with one attached hydrogen (secondary N) is 1. The van der Waals surface area contributed by atoms with Crippen molar-refractivity contribution in [2.24, 2.45) is 11.8 Å². The summed E-state index contributed by atoms with van der Waals surface area (Å²) in [4.78, 5) is 0. The molecule has 2 nitrogen and oxygen atoms in total. The van der Waals surface area contributed by atoms with Crippen molar-refractivity contribution in [2.45, 2.75) is 31.7 Å². The molecule has 0 bridgehead atoms. The minimum atomic E-state index is 0.189. The predicted octanol–water partition coefficient (Wildman–Crippen LogP) is 3.80. The molecule has 0 amide bonds. The van der Waals surface area contributed by atoms with Crippen molar-refractivity contribution in [3.8, 4) is 0 Å². The third-order valence-electron chi connectivity index (χ3n) is 3.10. The Balaban J connectivity index is 2.07. The van der Waals surface area contributed by atoms with Gasteiger partial charge in [0.1, 0.15) is 0 Å². The molecule has 4 heteroatoms. The van der Waals surface area contributed by atoms with Crippen LogP contribution in [-0.4, -0.2) is 0 Å². The Morgan fingerprint density at radius 2 is 2.25 bits per heavy atom. The zero-order chi connectivity index (χ0) is 11.5. The summed E-state index contributed by atoms with van der Waals surface area (Å²) in [5.74, 6) is 6.54. The zero-order valence-corrected chi connectivity index (χ0v) is 11.4. The van der Waals surface area contributed by atoms with Gasteiger partial charge in [0, 0.05) is 15.5 Å². The smallest absolute Gasteiger partial charge is 0.0471 e. The molecule has 0 heterocycles. The van der Waals surface area contributed by atoms with Crippen LogP contribution in [0.3, 0.4) is 0 Å². The first-order valence-electron chi connectivity index (χ1n) is 5.62. The fraction of sp³-hybridized carbons (Fsp3) is 0.500. The Hall–Kier alpha value is -0.0900. The monoisotopic (exact) mass is 302 g/mol. The molecule has 0 saturated heterocycles. The van der Waals surface area contributed by atoms with Crippen LogP contribution >= 0.6 is 27.5 Å². The Kier molecular flexibility index (Phi) is 4.25. The van der Waals surface area contributed by atoms with Crippen molar-refractivity contribution >= 4 is 27.5 Å². The van der Waals surface area contributed by atoms with E-state index in [1.807, 2.05) is 18.2 Å². The van der Waals surface area contributed by atoms with E-state index in [2.05, 4.69) is 21.4 Å². The summed E-state index contributed by atoms with van der Waals surface area (Å²) in [7, 11) is 0. The van der Waals surface area contributed by atoms with E-state index >= 15 is 0 Å². The van der Waals surface area contributed by atoms with E-state index in [1.165, 1.54) is 19.3 Å². The Bertz CT molecular complexity index is 366. The molecule has 0 spiro atoms. The van der Waals surface area contributed by atoms with E-state index in [0.29, 0.717) is 0 Å². The molecule has 16 heavy (non-hydrogen) atoms. The van der Waals surface area contributed by atoms with Crippen molar-refractivity contribution in [1.82, 2.24) is 5.43 Å². The molecule has 3 N–H and O–H groups in total. The highest BCUT2D eigenvalue weighted by Gasteiger charge is 2.23. The summed E-state index contributed by atoms with van der Waals surface area (Å²) >= 11 is 9.54. The van der Waals surface area contributed by atoms with E-state index in [1.54, 1.807) is 0 Å². The summed E-state index contributed by atoms with van der Waals surface area (Å²) in [6.07, 6.45) is 5.08. The summed E-state index contributed by atoms with van der Waals surface area (Å²) < 4.78 is 1.07. The van der Waals surface area contributed by atoms with Gasteiger partial charge in [0.15, 0.2) is 0 Å². The van der Waals surface area contributed by atoms with E-state index in [4.69, 9.17) is 17.4 Å². The maximum atomic E-state index is 6.00. The number of nitrogens with two attached hydrogens (primary N) is 1. The second kappa shape index (κ2) is 5.50.